The molecule has 0 aliphatic carbocycles. The topological polar surface area (TPSA) is 88.3 Å². The van der Waals surface area contributed by atoms with Gasteiger partial charge in [0, 0.05) is 13.1 Å². The van der Waals surface area contributed by atoms with Gasteiger partial charge >= 0.3 is 0 Å². The number of rotatable bonds is 5. The molecule has 25 heavy (non-hydrogen) atoms. The standard InChI is InChI=1S/C15H18Cl2N4O3S/c1-15(2,22)14-8-21(19-18-14)11-6-20(7-11)25(23,24)9-10-3-4-12(16)13(17)5-10/h3-5,8,11,22H,6-7,9H2,1-2H3. The van der Waals surface area contributed by atoms with E-state index in [9.17, 15) is 13.5 Å². The van der Waals surface area contributed by atoms with E-state index in [1.807, 2.05) is 0 Å². The van der Waals surface area contributed by atoms with Crippen molar-refractivity contribution in [3.05, 3.63) is 45.7 Å². The highest BCUT2D eigenvalue weighted by atomic mass is 35.5. The van der Waals surface area contributed by atoms with E-state index in [0.717, 1.165) is 0 Å². The van der Waals surface area contributed by atoms with Gasteiger partial charge in [-0.25, -0.2) is 13.1 Å². The number of benzene rings is 1. The number of hydrogen-bond donors (Lipinski definition) is 1. The normalized spacial score (nSPS) is 16.8. The molecule has 1 saturated heterocycles. The van der Waals surface area contributed by atoms with Crippen LogP contribution in [0.4, 0.5) is 0 Å². The van der Waals surface area contributed by atoms with Gasteiger partial charge in [-0.1, -0.05) is 34.5 Å². The van der Waals surface area contributed by atoms with Gasteiger partial charge in [0.25, 0.3) is 0 Å². The second-order valence-electron chi connectivity index (χ2n) is 6.62. The maximum absolute atomic E-state index is 12.5. The Kier molecular flexibility index (Phi) is 4.85. The lowest BCUT2D eigenvalue weighted by atomic mass is 10.1. The first-order chi connectivity index (χ1) is 11.6. The fourth-order valence-electron chi connectivity index (χ4n) is 2.48. The van der Waals surface area contributed by atoms with Crippen molar-refractivity contribution in [1.82, 2.24) is 19.3 Å². The summed E-state index contributed by atoms with van der Waals surface area (Å²) in [4.78, 5) is 0. The minimum atomic E-state index is -3.45. The van der Waals surface area contributed by atoms with Gasteiger partial charge < -0.3 is 5.11 Å². The molecule has 1 fully saturated rings. The van der Waals surface area contributed by atoms with Crippen LogP contribution in [0.25, 0.3) is 0 Å². The van der Waals surface area contributed by atoms with Gasteiger partial charge in [-0.3, -0.25) is 0 Å². The van der Waals surface area contributed by atoms with Gasteiger partial charge in [0.2, 0.25) is 10.0 Å². The maximum atomic E-state index is 12.5. The van der Waals surface area contributed by atoms with Crippen LogP contribution >= 0.6 is 23.2 Å². The molecule has 0 unspecified atom stereocenters. The maximum Gasteiger partial charge on any atom is 0.218 e. The Morgan fingerprint density at radius 3 is 2.52 bits per heavy atom. The number of hydrogen-bond acceptors (Lipinski definition) is 5. The van der Waals surface area contributed by atoms with Crippen molar-refractivity contribution in [3.63, 3.8) is 0 Å². The van der Waals surface area contributed by atoms with E-state index in [1.54, 1.807) is 42.9 Å². The third kappa shape index (κ3) is 3.98. The fourth-order valence-corrected chi connectivity index (χ4v) is 4.38. The van der Waals surface area contributed by atoms with Crippen molar-refractivity contribution in [2.45, 2.75) is 31.2 Å². The lowest BCUT2D eigenvalue weighted by Gasteiger charge is -2.37. The molecule has 2 aromatic rings. The van der Waals surface area contributed by atoms with Crippen molar-refractivity contribution in [3.8, 4) is 0 Å². The summed E-state index contributed by atoms with van der Waals surface area (Å²) in [5, 5.41) is 18.6. The third-order valence-electron chi connectivity index (χ3n) is 4.07. The zero-order chi connectivity index (χ0) is 18.4. The second kappa shape index (κ2) is 6.51. The van der Waals surface area contributed by atoms with E-state index in [-0.39, 0.29) is 11.8 Å². The summed E-state index contributed by atoms with van der Waals surface area (Å²) in [6.45, 7) is 3.88. The first kappa shape index (κ1) is 18.6. The Morgan fingerprint density at radius 2 is 1.96 bits per heavy atom. The summed E-state index contributed by atoms with van der Waals surface area (Å²) in [6.07, 6.45) is 1.65. The van der Waals surface area contributed by atoms with E-state index >= 15 is 0 Å². The van der Waals surface area contributed by atoms with Crippen molar-refractivity contribution in [1.29, 1.82) is 0 Å². The smallest absolute Gasteiger partial charge is 0.218 e. The average Bonchev–Trinajstić information content (AvgIpc) is 2.90. The van der Waals surface area contributed by atoms with E-state index in [2.05, 4.69) is 10.3 Å². The van der Waals surface area contributed by atoms with Gasteiger partial charge in [0.15, 0.2) is 0 Å². The van der Waals surface area contributed by atoms with Crippen LogP contribution in [0.2, 0.25) is 10.0 Å². The number of halogens is 2. The highest BCUT2D eigenvalue weighted by molar-refractivity contribution is 7.88. The van der Waals surface area contributed by atoms with Crippen LogP contribution < -0.4 is 0 Å². The largest absolute Gasteiger partial charge is 0.384 e. The van der Waals surface area contributed by atoms with E-state index in [0.29, 0.717) is 34.4 Å². The molecule has 0 bridgehead atoms. The number of nitrogens with zero attached hydrogens (tertiary/aromatic N) is 4. The predicted molar refractivity (Wildman–Crippen MR) is 95.0 cm³/mol. The second-order valence-corrected chi connectivity index (χ2v) is 9.40. The summed E-state index contributed by atoms with van der Waals surface area (Å²) in [6, 6.07) is 4.70. The van der Waals surface area contributed by atoms with Crippen LogP contribution in [0.1, 0.15) is 31.1 Å². The quantitative estimate of drug-likeness (QED) is 0.824. The molecule has 0 saturated carbocycles. The molecule has 3 rings (SSSR count). The zero-order valence-electron chi connectivity index (χ0n) is 13.7. The van der Waals surface area contributed by atoms with Gasteiger partial charge in [0.1, 0.15) is 11.3 Å². The summed E-state index contributed by atoms with van der Waals surface area (Å²) < 4.78 is 28.0. The SMILES string of the molecule is CC(C)(O)c1cn(C2CN(S(=O)(=O)Cc3ccc(Cl)c(Cl)c3)C2)nn1. The highest BCUT2D eigenvalue weighted by Crippen LogP contribution is 2.28. The zero-order valence-corrected chi connectivity index (χ0v) is 16.1. The first-order valence-corrected chi connectivity index (χ1v) is 9.99. The molecule has 2 heterocycles. The Hall–Kier alpha value is -1.19. The Balaban J connectivity index is 1.64. The molecule has 0 atom stereocenters. The molecule has 0 radical (unpaired) electrons. The Morgan fingerprint density at radius 1 is 1.28 bits per heavy atom. The highest BCUT2D eigenvalue weighted by Gasteiger charge is 2.38. The molecule has 1 N–H and O–H groups in total. The van der Waals surface area contributed by atoms with Gasteiger partial charge in [-0.15, -0.1) is 5.10 Å². The number of sulfonamides is 1. The van der Waals surface area contributed by atoms with E-state index < -0.39 is 15.6 Å². The van der Waals surface area contributed by atoms with Gasteiger partial charge in [-0.05, 0) is 31.5 Å². The Bertz CT molecular complexity index is 886. The molecule has 1 aliphatic heterocycles. The van der Waals surface area contributed by atoms with Crippen LogP contribution in [0, 0.1) is 0 Å². The van der Waals surface area contributed by atoms with Gasteiger partial charge in [0.05, 0.1) is 28.0 Å². The lowest BCUT2D eigenvalue weighted by molar-refractivity contribution is 0.0736. The summed E-state index contributed by atoms with van der Waals surface area (Å²) in [5.41, 5.74) is -0.0470. The van der Waals surface area contributed by atoms with Crippen LogP contribution in [0.15, 0.2) is 24.4 Å². The van der Waals surface area contributed by atoms with Crippen molar-refractivity contribution < 1.29 is 13.5 Å². The molecular weight excluding hydrogens is 387 g/mol. The van der Waals surface area contributed by atoms with Crippen LogP contribution in [-0.4, -0.2) is 45.9 Å². The van der Waals surface area contributed by atoms with Gasteiger partial charge in [-0.2, -0.15) is 4.31 Å². The minimum Gasteiger partial charge on any atom is -0.384 e. The molecule has 7 nitrogen and oxygen atoms in total. The molecule has 1 aromatic heterocycles. The molecule has 1 aliphatic rings. The van der Waals surface area contributed by atoms with Crippen LogP contribution in [0.3, 0.4) is 0 Å². The molecular formula is C15H18Cl2N4O3S. The summed E-state index contributed by atoms with van der Waals surface area (Å²) >= 11 is 11.8. The minimum absolute atomic E-state index is 0.0906. The molecule has 0 spiro atoms. The van der Waals surface area contributed by atoms with Crippen LogP contribution in [-0.2, 0) is 21.4 Å². The van der Waals surface area contributed by atoms with Crippen LogP contribution in [0.5, 0.6) is 0 Å². The molecule has 0 amide bonds. The van der Waals surface area contributed by atoms with E-state index in [1.165, 1.54) is 4.31 Å². The average molecular weight is 405 g/mol. The van der Waals surface area contributed by atoms with Crippen molar-refractivity contribution in [2.75, 3.05) is 13.1 Å². The van der Waals surface area contributed by atoms with E-state index in [4.69, 9.17) is 23.2 Å². The number of aliphatic hydroxyl groups is 1. The predicted octanol–water partition coefficient (Wildman–Crippen LogP) is 2.20. The molecule has 1 aromatic carbocycles. The number of aromatic nitrogens is 3. The lowest BCUT2D eigenvalue weighted by Crippen LogP contribution is -2.51. The fraction of sp³-hybridized carbons (Fsp3) is 0.467. The van der Waals surface area contributed by atoms with Crippen molar-refractivity contribution >= 4 is 33.2 Å². The summed E-state index contributed by atoms with van der Waals surface area (Å²) in [5.74, 6) is -0.136. The molecule has 136 valence electrons. The molecule has 10 heteroatoms. The van der Waals surface area contributed by atoms with Crippen molar-refractivity contribution in [2.24, 2.45) is 0 Å². The summed E-state index contributed by atoms with van der Waals surface area (Å²) in [7, 11) is -3.45. The first-order valence-electron chi connectivity index (χ1n) is 7.63. The Labute approximate surface area is 156 Å². The monoisotopic (exact) mass is 404 g/mol. The third-order valence-corrected chi connectivity index (χ3v) is 6.59.